The molecule has 1 aliphatic rings. The first-order valence-corrected chi connectivity index (χ1v) is 10.6. The zero-order valence-electron chi connectivity index (χ0n) is 17.6. The Morgan fingerprint density at radius 2 is 1.67 bits per heavy atom. The summed E-state index contributed by atoms with van der Waals surface area (Å²) in [5.74, 6) is -0.538. The normalized spacial score (nSPS) is 15.4. The van der Waals surface area contributed by atoms with Crippen LogP contribution < -0.4 is 0 Å². The molecule has 1 unspecified atom stereocenters. The number of carbonyl (C=O) groups is 1. The van der Waals surface area contributed by atoms with Crippen molar-refractivity contribution in [1.29, 1.82) is 0 Å². The van der Waals surface area contributed by atoms with Crippen LogP contribution >= 0.6 is 0 Å². The molecule has 4 aromatic rings. The van der Waals surface area contributed by atoms with Crippen LogP contribution in [0.1, 0.15) is 33.9 Å². The maximum Gasteiger partial charge on any atom is 0.275 e. The minimum absolute atomic E-state index is 0.106. The summed E-state index contributed by atoms with van der Waals surface area (Å²) >= 11 is 0. The highest BCUT2D eigenvalue weighted by Gasteiger charge is 2.35. The van der Waals surface area contributed by atoms with Gasteiger partial charge in [-0.15, -0.1) is 0 Å². The van der Waals surface area contributed by atoms with Crippen LogP contribution in [-0.4, -0.2) is 26.7 Å². The van der Waals surface area contributed by atoms with Crippen LogP contribution in [0.4, 0.5) is 4.39 Å². The smallest absolute Gasteiger partial charge is 0.275 e. The van der Waals surface area contributed by atoms with E-state index >= 15 is 0 Å². The second-order valence-corrected chi connectivity index (χ2v) is 7.77. The molecule has 6 heteroatoms. The number of hydrazone groups is 1. The van der Waals surface area contributed by atoms with Crippen molar-refractivity contribution in [1.82, 2.24) is 9.99 Å². The molecule has 0 bridgehead atoms. The molecule has 0 saturated carbocycles. The molecule has 0 radical (unpaired) electrons. The van der Waals surface area contributed by atoms with Gasteiger partial charge in [-0.2, -0.15) is 5.10 Å². The van der Waals surface area contributed by atoms with Gasteiger partial charge in [0, 0.05) is 35.5 Å². The summed E-state index contributed by atoms with van der Waals surface area (Å²) in [5.41, 5.74) is 4.01. The number of aromatic hydroxyl groups is 1. The predicted octanol–water partition coefficient (Wildman–Crippen LogP) is 5.58. The van der Waals surface area contributed by atoms with Gasteiger partial charge in [0.25, 0.3) is 5.91 Å². The number of hydrogen-bond donors (Lipinski definition) is 1. The number of pyridine rings is 1. The Morgan fingerprint density at radius 3 is 2.42 bits per heavy atom. The molecule has 0 fully saturated rings. The summed E-state index contributed by atoms with van der Waals surface area (Å²) in [7, 11) is 0. The molecule has 2 heterocycles. The van der Waals surface area contributed by atoms with Crippen molar-refractivity contribution in [2.75, 3.05) is 0 Å². The zero-order valence-corrected chi connectivity index (χ0v) is 17.6. The molecule has 1 amide bonds. The molecule has 3 aromatic carbocycles. The van der Waals surface area contributed by atoms with Gasteiger partial charge in [-0.05, 0) is 41.5 Å². The maximum atomic E-state index is 13.8. The SMILES string of the molecule is O=C(c1ccccc1-c1ccc(F)cc1)N1N=C(c2cccnc2)CC1c1ccccc1O. The van der Waals surface area contributed by atoms with Crippen LogP contribution in [-0.2, 0) is 0 Å². The van der Waals surface area contributed by atoms with E-state index in [4.69, 9.17) is 0 Å². The molecule has 0 saturated heterocycles. The Morgan fingerprint density at radius 1 is 0.909 bits per heavy atom. The molecule has 1 atom stereocenters. The van der Waals surface area contributed by atoms with E-state index in [1.807, 2.05) is 30.3 Å². The molecule has 0 spiro atoms. The quantitative estimate of drug-likeness (QED) is 0.453. The van der Waals surface area contributed by atoms with Crippen LogP contribution in [0.3, 0.4) is 0 Å². The number of rotatable bonds is 4. The lowest BCUT2D eigenvalue weighted by Gasteiger charge is -2.24. The van der Waals surface area contributed by atoms with Crippen LogP contribution in [0, 0.1) is 5.82 Å². The van der Waals surface area contributed by atoms with Crippen LogP contribution in [0.5, 0.6) is 5.75 Å². The standard InChI is InChI=1S/C27H20FN3O2/c28-20-13-11-18(12-14-20)21-7-1-2-8-22(21)27(33)31-25(23-9-3-4-10-26(23)32)16-24(30-31)19-6-5-15-29-17-19/h1-15,17,25,32H,16H2. The second-order valence-electron chi connectivity index (χ2n) is 7.77. The van der Waals surface area contributed by atoms with Crippen LogP contribution in [0.25, 0.3) is 11.1 Å². The third-order valence-electron chi connectivity index (χ3n) is 5.72. The summed E-state index contributed by atoms with van der Waals surface area (Å²) < 4.78 is 13.5. The molecule has 5 nitrogen and oxygen atoms in total. The number of nitrogens with zero attached hydrogens (tertiary/aromatic N) is 3. The fourth-order valence-electron chi connectivity index (χ4n) is 4.09. The van der Waals surface area contributed by atoms with Gasteiger partial charge in [-0.1, -0.05) is 54.6 Å². The van der Waals surface area contributed by atoms with Gasteiger partial charge in [-0.3, -0.25) is 9.78 Å². The lowest BCUT2D eigenvalue weighted by molar-refractivity contribution is 0.0710. The average molecular weight is 437 g/mol. The van der Waals surface area contributed by atoms with E-state index in [9.17, 15) is 14.3 Å². The Labute approximate surface area is 190 Å². The molecule has 1 aromatic heterocycles. The third-order valence-corrected chi connectivity index (χ3v) is 5.72. The molecular formula is C27H20FN3O2. The van der Waals surface area contributed by atoms with Gasteiger partial charge in [-0.25, -0.2) is 9.40 Å². The minimum atomic E-state index is -0.477. The lowest BCUT2D eigenvalue weighted by atomic mass is 9.96. The van der Waals surface area contributed by atoms with Gasteiger partial charge in [0.2, 0.25) is 0 Å². The van der Waals surface area contributed by atoms with Crippen molar-refractivity contribution in [3.63, 3.8) is 0 Å². The molecule has 5 rings (SSSR count). The van der Waals surface area contributed by atoms with Gasteiger partial charge in [0.05, 0.1) is 11.8 Å². The molecule has 0 aliphatic carbocycles. The lowest BCUT2D eigenvalue weighted by Crippen LogP contribution is -2.27. The molecule has 162 valence electrons. The number of phenols is 1. The Bertz CT molecular complexity index is 1340. The largest absolute Gasteiger partial charge is 0.508 e. The number of phenolic OH excluding ortho intramolecular Hbond substituents is 1. The first kappa shape index (κ1) is 20.6. The number of halogens is 1. The third kappa shape index (κ3) is 3.99. The van der Waals surface area contributed by atoms with E-state index < -0.39 is 6.04 Å². The van der Waals surface area contributed by atoms with Gasteiger partial charge >= 0.3 is 0 Å². The number of aromatic nitrogens is 1. The number of hydrogen-bond acceptors (Lipinski definition) is 4. The number of para-hydroxylation sites is 1. The van der Waals surface area contributed by atoms with Gasteiger partial charge in [0.1, 0.15) is 11.6 Å². The highest BCUT2D eigenvalue weighted by Crippen LogP contribution is 2.38. The minimum Gasteiger partial charge on any atom is -0.508 e. The topological polar surface area (TPSA) is 65.8 Å². The van der Waals surface area contributed by atoms with Crippen LogP contribution in [0.2, 0.25) is 0 Å². The van der Waals surface area contributed by atoms with Crippen molar-refractivity contribution in [3.05, 3.63) is 120 Å². The first-order valence-electron chi connectivity index (χ1n) is 10.6. The van der Waals surface area contributed by atoms with E-state index in [1.54, 1.807) is 54.9 Å². The summed E-state index contributed by atoms with van der Waals surface area (Å²) in [6.45, 7) is 0. The summed E-state index contributed by atoms with van der Waals surface area (Å²) in [6, 6.07) is 23.4. The average Bonchev–Trinajstić information content (AvgIpc) is 3.30. The number of amides is 1. The van der Waals surface area contributed by atoms with E-state index in [-0.39, 0.29) is 17.5 Å². The Hall–Kier alpha value is -4.32. The Balaban J connectivity index is 1.59. The van der Waals surface area contributed by atoms with Gasteiger partial charge < -0.3 is 5.11 Å². The Kier molecular flexibility index (Phi) is 5.40. The molecular weight excluding hydrogens is 417 g/mol. The van der Waals surface area contributed by atoms with E-state index in [1.165, 1.54) is 17.1 Å². The second kappa shape index (κ2) is 8.67. The van der Waals surface area contributed by atoms with Crippen molar-refractivity contribution in [3.8, 4) is 16.9 Å². The number of carbonyl (C=O) groups excluding carboxylic acids is 1. The summed E-state index contributed by atoms with van der Waals surface area (Å²) in [6.07, 6.45) is 3.83. The fourth-order valence-corrected chi connectivity index (χ4v) is 4.09. The van der Waals surface area contributed by atoms with E-state index in [2.05, 4.69) is 10.1 Å². The van der Waals surface area contributed by atoms with Crippen LogP contribution in [0.15, 0.2) is 102 Å². The fraction of sp³-hybridized carbons (Fsp3) is 0.0741. The summed E-state index contributed by atoms with van der Waals surface area (Å²) in [5, 5.41) is 16.6. The maximum absolute atomic E-state index is 13.8. The number of benzene rings is 3. The van der Waals surface area contributed by atoms with Crippen molar-refractivity contribution >= 4 is 11.6 Å². The zero-order chi connectivity index (χ0) is 22.8. The highest BCUT2D eigenvalue weighted by atomic mass is 19.1. The predicted molar refractivity (Wildman–Crippen MR) is 124 cm³/mol. The van der Waals surface area contributed by atoms with Crippen molar-refractivity contribution in [2.24, 2.45) is 5.10 Å². The monoisotopic (exact) mass is 437 g/mol. The molecule has 1 N–H and O–H groups in total. The van der Waals surface area contributed by atoms with Crippen molar-refractivity contribution < 1.29 is 14.3 Å². The first-order chi connectivity index (χ1) is 16.1. The highest BCUT2D eigenvalue weighted by molar-refractivity contribution is 6.06. The van der Waals surface area contributed by atoms with Gasteiger partial charge in [0.15, 0.2) is 0 Å². The molecule has 1 aliphatic heterocycles. The summed E-state index contributed by atoms with van der Waals surface area (Å²) in [4.78, 5) is 18.0. The molecule has 33 heavy (non-hydrogen) atoms. The van der Waals surface area contributed by atoms with Crippen molar-refractivity contribution in [2.45, 2.75) is 12.5 Å². The van der Waals surface area contributed by atoms with E-state index in [0.717, 1.165) is 11.1 Å². The van der Waals surface area contributed by atoms with E-state index in [0.29, 0.717) is 28.8 Å².